The van der Waals surface area contributed by atoms with Gasteiger partial charge in [-0.05, 0) is 43.5 Å². The lowest BCUT2D eigenvalue weighted by Gasteiger charge is -2.19. The minimum atomic E-state index is -3.67. The number of phenolic OH excluding ortho intramolecular Hbond substituents is 1. The summed E-state index contributed by atoms with van der Waals surface area (Å²) in [6.45, 7) is 6.07. The van der Waals surface area contributed by atoms with Crippen LogP contribution in [0.2, 0.25) is 0 Å². The highest BCUT2D eigenvalue weighted by molar-refractivity contribution is 7.87. The second kappa shape index (κ2) is 13.0. The zero-order chi connectivity index (χ0) is 20.1. The van der Waals surface area contributed by atoms with Crippen LogP contribution < -0.4 is 4.18 Å². The Morgan fingerprint density at radius 2 is 1.41 bits per heavy atom. The fraction of sp³-hybridized carbons (Fsp3) is 0.727. The van der Waals surface area contributed by atoms with E-state index >= 15 is 0 Å². The van der Waals surface area contributed by atoms with E-state index in [1.165, 1.54) is 50.3 Å². The van der Waals surface area contributed by atoms with Gasteiger partial charge in [-0.25, -0.2) is 0 Å². The van der Waals surface area contributed by atoms with Crippen molar-refractivity contribution in [3.63, 3.8) is 0 Å². The van der Waals surface area contributed by atoms with Crippen LogP contribution in [-0.4, -0.2) is 18.8 Å². The van der Waals surface area contributed by atoms with Crippen LogP contribution in [0, 0.1) is 6.92 Å². The van der Waals surface area contributed by atoms with E-state index in [4.69, 9.17) is 4.18 Å². The molecule has 0 saturated heterocycles. The van der Waals surface area contributed by atoms with E-state index < -0.39 is 15.4 Å². The lowest BCUT2D eigenvalue weighted by Crippen LogP contribution is -2.26. The van der Waals surface area contributed by atoms with Crippen LogP contribution in [-0.2, 0) is 10.1 Å². The molecule has 0 aromatic heterocycles. The predicted octanol–water partition coefficient (Wildman–Crippen LogP) is 6.50. The Hall–Kier alpha value is -1.23. The molecule has 5 heteroatoms. The number of hydrogen-bond donors (Lipinski definition) is 1. The normalized spacial score (nSPS) is 12.9. The third-order valence-corrected chi connectivity index (χ3v) is 6.73. The van der Waals surface area contributed by atoms with E-state index in [1.54, 1.807) is 6.92 Å². The maximum atomic E-state index is 12.9. The molecule has 1 rings (SSSR count). The Morgan fingerprint density at radius 3 is 2.00 bits per heavy atom. The van der Waals surface area contributed by atoms with Crippen LogP contribution in [0.25, 0.3) is 0 Å². The van der Waals surface area contributed by atoms with Crippen LogP contribution in [0.1, 0.15) is 96.5 Å². The fourth-order valence-electron chi connectivity index (χ4n) is 3.30. The van der Waals surface area contributed by atoms with Gasteiger partial charge in [0, 0.05) is 0 Å². The zero-order valence-electron chi connectivity index (χ0n) is 17.4. The van der Waals surface area contributed by atoms with Crippen LogP contribution >= 0.6 is 0 Å². The zero-order valence-corrected chi connectivity index (χ0v) is 18.2. The summed E-state index contributed by atoms with van der Waals surface area (Å²) in [7, 11) is -3.67. The van der Waals surface area contributed by atoms with Gasteiger partial charge in [0.15, 0.2) is 0 Å². The van der Waals surface area contributed by atoms with Crippen molar-refractivity contribution >= 4 is 10.1 Å². The molecule has 0 aliphatic heterocycles. The number of phenols is 1. The van der Waals surface area contributed by atoms with Gasteiger partial charge in [-0.15, -0.1) is 0 Å². The van der Waals surface area contributed by atoms with Crippen molar-refractivity contribution in [3.05, 3.63) is 23.8 Å². The molecule has 1 aromatic rings. The van der Waals surface area contributed by atoms with Crippen LogP contribution in [0.4, 0.5) is 0 Å². The van der Waals surface area contributed by atoms with Crippen molar-refractivity contribution in [2.75, 3.05) is 0 Å². The van der Waals surface area contributed by atoms with Gasteiger partial charge in [0.1, 0.15) is 11.5 Å². The molecule has 1 N–H and O–H groups in total. The number of hydrogen-bond acceptors (Lipinski definition) is 4. The Morgan fingerprint density at radius 1 is 0.889 bits per heavy atom. The monoisotopic (exact) mass is 398 g/mol. The fourth-order valence-corrected chi connectivity index (χ4v) is 4.79. The molecule has 0 radical (unpaired) electrons. The van der Waals surface area contributed by atoms with Crippen molar-refractivity contribution < 1.29 is 17.7 Å². The minimum Gasteiger partial charge on any atom is -0.508 e. The highest BCUT2D eigenvalue weighted by Crippen LogP contribution is 2.27. The van der Waals surface area contributed by atoms with E-state index in [9.17, 15) is 13.5 Å². The first-order valence-electron chi connectivity index (χ1n) is 10.6. The third-order valence-electron chi connectivity index (χ3n) is 5.03. The van der Waals surface area contributed by atoms with E-state index in [-0.39, 0.29) is 5.75 Å². The first-order chi connectivity index (χ1) is 12.9. The number of rotatable bonds is 15. The summed E-state index contributed by atoms with van der Waals surface area (Å²) in [4.78, 5) is 0. The highest BCUT2D eigenvalue weighted by Gasteiger charge is 2.27. The molecule has 0 aliphatic carbocycles. The predicted molar refractivity (Wildman–Crippen MR) is 113 cm³/mol. The van der Waals surface area contributed by atoms with Crippen LogP contribution in [0.15, 0.2) is 18.2 Å². The highest BCUT2D eigenvalue weighted by atomic mass is 32.2. The van der Waals surface area contributed by atoms with Crippen molar-refractivity contribution in [2.24, 2.45) is 0 Å². The Labute approximate surface area is 166 Å². The number of unbranched alkanes of at least 4 members (excludes halogenated alkanes) is 8. The van der Waals surface area contributed by atoms with Crippen LogP contribution in [0.5, 0.6) is 11.5 Å². The average molecular weight is 399 g/mol. The first kappa shape index (κ1) is 23.8. The molecule has 27 heavy (non-hydrogen) atoms. The Bertz CT molecular complexity index is 625. The Kier molecular flexibility index (Phi) is 11.5. The van der Waals surface area contributed by atoms with Gasteiger partial charge < -0.3 is 9.29 Å². The molecule has 0 saturated carbocycles. The minimum absolute atomic E-state index is 0.111. The summed E-state index contributed by atoms with van der Waals surface area (Å²) < 4.78 is 31.2. The number of aromatic hydroxyl groups is 1. The lowest BCUT2D eigenvalue weighted by molar-refractivity contribution is 0.443. The van der Waals surface area contributed by atoms with Gasteiger partial charge in [-0.3, -0.25) is 0 Å². The van der Waals surface area contributed by atoms with E-state index in [1.807, 2.05) is 0 Å². The van der Waals surface area contributed by atoms with E-state index in [2.05, 4.69) is 13.8 Å². The second-order valence-corrected chi connectivity index (χ2v) is 9.37. The summed E-state index contributed by atoms with van der Waals surface area (Å²) in [5.74, 6) is 0.424. The molecular weight excluding hydrogens is 360 g/mol. The van der Waals surface area contributed by atoms with Gasteiger partial charge in [-0.2, -0.15) is 8.42 Å². The first-order valence-corrected chi connectivity index (χ1v) is 12.1. The van der Waals surface area contributed by atoms with Gasteiger partial charge in [0.25, 0.3) is 0 Å². The summed E-state index contributed by atoms with van der Waals surface area (Å²) in [5.41, 5.74) is 0.627. The summed E-state index contributed by atoms with van der Waals surface area (Å²) in [6, 6.07) is 4.51. The average Bonchev–Trinajstić information content (AvgIpc) is 2.61. The summed E-state index contributed by atoms with van der Waals surface area (Å²) >= 11 is 0. The van der Waals surface area contributed by atoms with Gasteiger partial charge in [0.05, 0.1) is 5.25 Å². The molecule has 0 fully saturated rings. The standard InChI is InChI=1S/C22H38O4S/c1-4-6-8-9-10-11-13-15-21(14-12-7-5-2)27(24,25)26-22-17-16-20(23)18-19(22)3/h16-18,21,23H,4-15H2,1-3H3. The van der Waals surface area contributed by atoms with Crippen molar-refractivity contribution in [1.29, 1.82) is 0 Å². The van der Waals surface area contributed by atoms with Gasteiger partial charge in [-0.1, -0.05) is 78.1 Å². The van der Waals surface area contributed by atoms with E-state index in [0.29, 0.717) is 24.2 Å². The van der Waals surface area contributed by atoms with Gasteiger partial charge >= 0.3 is 10.1 Å². The maximum absolute atomic E-state index is 12.9. The molecule has 156 valence electrons. The number of benzene rings is 1. The van der Waals surface area contributed by atoms with E-state index in [0.717, 1.165) is 32.1 Å². The quantitative estimate of drug-likeness (QED) is 0.270. The van der Waals surface area contributed by atoms with Crippen molar-refractivity contribution in [3.8, 4) is 11.5 Å². The molecular formula is C22H38O4S. The summed E-state index contributed by atoms with van der Waals surface area (Å²) in [6.07, 6.45) is 12.6. The summed E-state index contributed by atoms with van der Waals surface area (Å²) in [5, 5.41) is 9.05. The molecule has 1 aromatic carbocycles. The van der Waals surface area contributed by atoms with Crippen LogP contribution in [0.3, 0.4) is 0 Å². The molecule has 0 spiro atoms. The smallest absolute Gasteiger partial charge is 0.312 e. The molecule has 1 atom stereocenters. The molecule has 1 unspecified atom stereocenters. The SMILES string of the molecule is CCCCCCCCCC(CCCCC)S(=O)(=O)Oc1ccc(O)cc1C. The topological polar surface area (TPSA) is 63.6 Å². The maximum Gasteiger partial charge on any atom is 0.312 e. The second-order valence-electron chi connectivity index (χ2n) is 7.55. The largest absolute Gasteiger partial charge is 0.508 e. The van der Waals surface area contributed by atoms with Gasteiger partial charge in [0.2, 0.25) is 0 Å². The third kappa shape index (κ3) is 9.50. The molecule has 0 aliphatic rings. The molecule has 0 heterocycles. The lowest BCUT2D eigenvalue weighted by atomic mass is 10.0. The van der Waals surface area contributed by atoms with Crippen molar-refractivity contribution in [1.82, 2.24) is 0 Å². The number of aryl methyl sites for hydroxylation is 1. The molecule has 0 amide bonds. The molecule has 0 bridgehead atoms. The van der Waals surface area contributed by atoms with Crippen molar-refractivity contribution in [2.45, 2.75) is 103 Å². The Balaban J connectivity index is 2.63. The molecule has 4 nitrogen and oxygen atoms in total.